The Bertz CT molecular complexity index is 745. The summed E-state index contributed by atoms with van der Waals surface area (Å²) in [6, 6.07) is 14.6. The summed E-state index contributed by atoms with van der Waals surface area (Å²) in [6.45, 7) is 1.23. The lowest BCUT2D eigenvalue weighted by molar-refractivity contribution is 0.0955. The molecule has 0 bridgehead atoms. The molecule has 0 saturated heterocycles. The highest BCUT2D eigenvalue weighted by molar-refractivity contribution is 5.94. The largest absolute Gasteiger partial charge is 0.497 e. The molecule has 0 fully saturated rings. The Kier molecular flexibility index (Phi) is 7.45. The molecule has 2 aromatic rings. The lowest BCUT2D eigenvalue weighted by atomic mass is 10.2. The Labute approximate surface area is 153 Å². The van der Waals surface area contributed by atoms with Crippen molar-refractivity contribution in [3.05, 3.63) is 59.7 Å². The number of para-hydroxylation sites is 1. The number of rotatable bonds is 8. The van der Waals surface area contributed by atoms with Gasteiger partial charge in [0.15, 0.2) is 5.96 Å². The Balaban J connectivity index is 1.81. The molecule has 0 aromatic heterocycles. The molecular weight excluding hydrogens is 332 g/mol. The van der Waals surface area contributed by atoms with Crippen molar-refractivity contribution >= 4 is 17.6 Å². The van der Waals surface area contributed by atoms with E-state index in [1.54, 1.807) is 38.5 Å². The molecule has 0 unspecified atom stereocenters. The number of guanidine groups is 1. The predicted octanol–water partition coefficient (Wildman–Crippen LogP) is 2.00. The van der Waals surface area contributed by atoms with Crippen LogP contribution < -0.4 is 21.1 Å². The maximum atomic E-state index is 12.0. The van der Waals surface area contributed by atoms with Crippen LogP contribution in [0, 0.1) is 0 Å². The summed E-state index contributed by atoms with van der Waals surface area (Å²) < 4.78 is 10.2. The average Bonchev–Trinajstić information content (AvgIpc) is 2.67. The molecule has 2 aromatic carbocycles. The molecule has 1 amide bonds. The minimum Gasteiger partial charge on any atom is -0.497 e. The van der Waals surface area contributed by atoms with Crippen molar-refractivity contribution < 1.29 is 14.3 Å². The number of benzene rings is 2. The molecule has 0 spiro atoms. The number of methoxy groups -OCH3 is 2. The van der Waals surface area contributed by atoms with E-state index in [0.29, 0.717) is 31.0 Å². The SMILES string of the molecule is COCc1ccccc1NC(N)=NCCNC(=O)c1ccc(OC)cc1. The van der Waals surface area contributed by atoms with Crippen LogP contribution in [0.15, 0.2) is 53.5 Å². The lowest BCUT2D eigenvalue weighted by Crippen LogP contribution is -2.28. The zero-order valence-corrected chi connectivity index (χ0v) is 15.0. The Hall–Kier alpha value is -3.06. The Morgan fingerprint density at radius 2 is 1.85 bits per heavy atom. The number of carbonyl (C=O) groups is 1. The molecule has 2 rings (SSSR count). The van der Waals surface area contributed by atoms with Crippen molar-refractivity contribution in [3.8, 4) is 5.75 Å². The topological polar surface area (TPSA) is 98.0 Å². The second-order valence-corrected chi connectivity index (χ2v) is 5.47. The molecule has 0 aliphatic rings. The maximum absolute atomic E-state index is 12.0. The normalized spacial score (nSPS) is 11.1. The average molecular weight is 356 g/mol. The van der Waals surface area contributed by atoms with E-state index in [1.807, 2.05) is 24.3 Å². The first-order valence-corrected chi connectivity index (χ1v) is 8.20. The van der Waals surface area contributed by atoms with E-state index in [4.69, 9.17) is 15.2 Å². The Morgan fingerprint density at radius 1 is 1.12 bits per heavy atom. The molecule has 7 nitrogen and oxygen atoms in total. The van der Waals surface area contributed by atoms with Gasteiger partial charge in [-0.15, -0.1) is 0 Å². The van der Waals surface area contributed by atoms with E-state index in [0.717, 1.165) is 11.3 Å². The number of carbonyl (C=O) groups excluding carboxylic acids is 1. The van der Waals surface area contributed by atoms with Gasteiger partial charge < -0.3 is 25.8 Å². The molecule has 7 heteroatoms. The van der Waals surface area contributed by atoms with Gasteiger partial charge >= 0.3 is 0 Å². The first kappa shape index (κ1) is 19.3. The Morgan fingerprint density at radius 3 is 2.54 bits per heavy atom. The number of amides is 1. The van der Waals surface area contributed by atoms with E-state index >= 15 is 0 Å². The van der Waals surface area contributed by atoms with E-state index < -0.39 is 0 Å². The zero-order chi connectivity index (χ0) is 18.8. The van der Waals surface area contributed by atoms with Gasteiger partial charge in [-0.25, -0.2) is 0 Å². The molecule has 138 valence electrons. The van der Waals surface area contributed by atoms with Gasteiger partial charge in [-0.05, 0) is 30.3 Å². The molecule has 0 saturated carbocycles. The van der Waals surface area contributed by atoms with Crippen molar-refractivity contribution in [2.45, 2.75) is 6.61 Å². The third-order valence-electron chi connectivity index (χ3n) is 3.61. The van der Waals surface area contributed by atoms with Crippen LogP contribution in [-0.2, 0) is 11.3 Å². The van der Waals surface area contributed by atoms with E-state index in [1.165, 1.54) is 0 Å². The summed E-state index contributed by atoms with van der Waals surface area (Å²) >= 11 is 0. The number of nitrogens with zero attached hydrogens (tertiary/aromatic N) is 1. The minimum atomic E-state index is -0.167. The minimum absolute atomic E-state index is 0.167. The fourth-order valence-corrected chi connectivity index (χ4v) is 2.29. The standard InChI is InChI=1S/C19H24N4O3/c1-25-13-15-5-3-4-6-17(15)23-19(20)22-12-11-21-18(24)14-7-9-16(26-2)10-8-14/h3-10H,11-13H2,1-2H3,(H,21,24)(H3,20,22,23). The van der Waals surface area contributed by atoms with Crippen LogP contribution >= 0.6 is 0 Å². The van der Waals surface area contributed by atoms with Crippen molar-refractivity contribution in [2.24, 2.45) is 10.7 Å². The van der Waals surface area contributed by atoms with Crippen LogP contribution in [0.5, 0.6) is 5.75 Å². The van der Waals surface area contributed by atoms with Crippen LogP contribution in [-0.4, -0.2) is 39.2 Å². The summed E-state index contributed by atoms with van der Waals surface area (Å²) in [5, 5.41) is 5.85. The van der Waals surface area contributed by atoms with Gasteiger partial charge in [-0.1, -0.05) is 18.2 Å². The number of hydrogen-bond donors (Lipinski definition) is 3. The van der Waals surface area contributed by atoms with Crippen LogP contribution in [0.3, 0.4) is 0 Å². The fourth-order valence-electron chi connectivity index (χ4n) is 2.29. The van der Waals surface area contributed by atoms with Gasteiger partial charge in [0.25, 0.3) is 5.91 Å². The van der Waals surface area contributed by atoms with E-state index in [-0.39, 0.29) is 11.9 Å². The van der Waals surface area contributed by atoms with Gasteiger partial charge in [0, 0.05) is 30.5 Å². The maximum Gasteiger partial charge on any atom is 0.251 e. The first-order valence-electron chi connectivity index (χ1n) is 8.20. The molecule has 26 heavy (non-hydrogen) atoms. The van der Waals surface area contributed by atoms with Gasteiger partial charge in [-0.3, -0.25) is 9.79 Å². The van der Waals surface area contributed by atoms with Crippen molar-refractivity contribution in [1.29, 1.82) is 0 Å². The van der Waals surface area contributed by atoms with Crippen molar-refractivity contribution in [1.82, 2.24) is 5.32 Å². The molecule has 0 heterocycles. The number of nitrogens with one attached hydrogen (secondary N) is 2. The molecular formula is C19H24N4O3. The highest BCUT2D eigenvalue weighted by atomic mass is 16.5. The summed E-state index contributed by atoms with van der Waals surface area (Å²) in [5.74, 6) is 0.825. The monoisotopic (exact) mass is 356 g/mol. The quantitative estimate of drug-likeness (QED) is 0.382. The molecule has 0 aliphatic heterocycles. The second-order valence-electron chi connectivity index (χ2n) is 5.47. The summed E-state index contributed by atoms with van der Waals surface area (Å²) in [5.41, 5.74) is 8.30. The zero-order valence-electron chi connectivity index (χ0n) is 15.0. The highest BCUT2D eigenvalue weighted by Gasteiger charge is 2.05. The lowest BCUT2D eigenvalue weighted by Gasteiger charge is -2.11. The van der Waals surface area contributed by atoms with Gasteiger partial charge in [0.2, 0.25) is 0 Å². The third-order valence-corrected chi connectivity index (χ3v) is 3.61. The van der Waals surface area contributed by atoms with Crippen molar-refractivity contribution in [2.75, 3.05) is 32.6 Å². The number of hydrogen-bond acceptors (Lipinski definition) is 4. The van der Waals surface area contributed by atoms with E-state index in [2.05, 4.69) is 15.6 Å². The smallest absolute Gasteiger partial charge is 0.251 e. The van der Waals surface area contributed by atoms with Crippen LogP contribution in [0.4, 0.5) is 5.69 Å². The molecule has 0 aliphatic carbocycles. The van der Waals surface area contributed by atoms with Crippen LogP contribution in [0.1, 0.15) is 15.9 Å². The van der Waals surface area contributed by atoms with Gasteiger partial charge in [0.05, 0.1) is 20.3 Å². The predicted molar refractivity (Wildman–Crippen MR) is 103 cm³/mol. The fraction of sp³-hybridized carbons (Fsp3) is 0.263. The van der Waals surface area contributed by atoms with E-state index in [9.17, 15) is 4.79 Å². The molecule has 0 radical (unpaired) electrons. The van der Waals surface area contributed by atoms with Gasteiger partial charge in [-0.2, -0.15) is 0 Å². The third kappa shape index (κ3) is 5.78. The number of aliphatic imine (C=N–C) groups is 1. The van der Waals surface area contributed by atoms with Crippen molar-refractivity contribution in [3.63, 3.8) is 0 Å². The molecule has 0 atom stereocenters. The van der Waals surface area contributed by atoms with Gasteiger partial charge in [0.1, 0.15) is 5.75 Å². The number of anilines is 1. The van der Waals surface area contributed by atoms with Crippen LogP contribution in [0.2, 0.25) is 0 Å². The summed E-state index contributed by atoms with van der Waals surface area (Å²) in [7, 11) is 3.22. The number of nitrogens with two attached hydrogens (primary N) is 1. The first-order chi connectivity index (χ1) is 12.6. The summed E-state index contributed by atoms with van der Waals surface area (Å²) in [6.07, 6.45) is 0. The second kappa shape index (κ2) is 10.0. The van der Waals surface area contributed by atoms with Crippen LogP contribution in [0.25, 0.3) is 0 Å². The molecule has 4 N–H and O–H groups in total. The summed E-state index contributed by atoms with van der Waals surface area (Å²) in [4.78, 5) is 16.3. The number of ether oxygens (including phenoxy) is 2. The highest BCUT2D eigenvalue weighted by Crippen LogP contribution is 2.15.